The number of unbranched alkanes of at least 4 members (excludes halogenated alkanes) is 7. The van der Waals surface area contributed by atoms with Crippen LogP contribution in [0.4, 0.5) is 0 Å². The molecule has 0 heterocycles. The van der Waals surface area contributed by atoms with Gasteiger partial charge in [-0.15, -0.1) is 0 Å². The highest BCUT2D eigenvalue weighted by Crippen LogP contribution is 2.13. The van der Waals surface area contributed by atoms with E-state index in [9.17, 15) is 4.79 Å². The lowest BCUT2D eigenvalue weighted by atomic mass is 10.1. The monoisotopic (exact) mass is 480 g/mol. The fourth-order valence-corrected chi connectivity index (χ4v) is 4.53. The first-order chi connectivity index (χ1) is 17.2. The Labute approximate surface area is 214 Å². The summed E-state index contributed by atoms with van der Waals surface area (Å²) in [6.45, 7) is 6.93. The number of benzene rings is 2. The van der Waals surface area contributed by atoms with Crippen LogP contribution >= 0.6 is 0 Å². The Bertz CT molecular complexity index is 725. The molecule has 0 spiro atoms. The Balaban J connectivity index is 1.79. The van der Waals surface area contributed by atoms with E-state index in [1.54, 1.807) is 0 Å². The third-order valence-corrected chi connectivity index (χ3v) is 6.58. The molecule has 35 heavy (non-hydrogen) atoms. The zero-order valence-electron chi connectivity index (χ0n) is 22.0. The van der Waals surface area contributed by atoms with Crippen molar-refractivity contribution < 1.29 is 9.90 Å². The zero-order chi connectivity index (χ0) is 25.0. The molecule has 0 unspecified atom stereocenters. The molecular formula is C31H48N2O2. The summed E-state index contributed by atoms with van der Waals surface area (Å²) < 4.78 is 0. The maximum Gasteiger partial charge on any atom is 0.222 e. The predicted molar refractivity (Wildman–Crippen MR) is 147 cm³/mol. The largest absolute Gasteiger partial charge is 0.396 e. The summed E-state index contributed by atoms with van der Waals surface area (Å²) in [7, 11) is 0. The quantitative estimate of drug-likeness (QED) is 0.211. The maximum atomic E-state index is 13.0. The standard InChI is InChI=1S/C31H48N2O2/c1-2-3-4-5-6-14-24-33(25-16-17-26-34)31(35)22-13-15-23-32(27-29-18-9-7-10-19-29)28-30-20-11-8-12-21-30/h7-12,18-21,34H,2-6,13-17,22-28H2,1H3. The molecule has 0 bridgehead atoms. The number of amides is 1. The summed E-state index contributed by atoms with van der Waals surface area (Å²) in [6.07, 6.45) is 11.7. The van der Waals surface area contributed by atoms with Gasteiger partial charge in [-0.25, -0.2) is 0 Å². The topological polar surface area (TPSA) is 43.8 Å². The van der Waals surface area contributed by atoms with Crippen molar-refractivity contribution in [1.29, 1.82) is 0 Å². The summed E-state index contributed by atoms with van der Waals surface area (Å²) in [6, 6.07) is 21.3. The van der Waals surface area contributed by atoms with Crippen LogP contribution in [-0.4, -0.2) is 47.1 Å². The van der Waals surface area contributed by atoms with Crippen LogP contribution in [0, 0.1) is 0 Å². The second-order valence-corrected chi connectivity index (χ2v) is 9.72. The van der Waals surface area contributed by atoms with Gasteiger partial charge in [-0.2, -0.15) is 0 Å². The van der Waals surface area contributed by atoms with E-state index in [0.717, 1.165) is 64.8 Å². The van der Waals surface area contributed by atoms with E-state index in [4.69, 9.17) is 5.11 Å². The van der Waals surface area contributed by atoms with Crippen molar-refractivity contribution in [3.05, 3.63) is 71.8 Å². The molecule has 2 rings (SSSR count). The van der Waals surface area contributed by atoms with Crippen LogP contribution in [0.25, 0.3) is 0 Å². The van der Waals surface area contributed by atoms with Crippen LogP contribution in [0.1, 0.15) is 88.7 Å². The number of aliphatic hydroxyl groups is 1. The Kier molecular flexibility index (Phi) is 15.8. The van der Waals surface area contributed by atoms with Crippen molar-refractivity contribution in [2.45, 2.75) is 90.6 Å². The van der Waals surface area contributed by atoms with E-state index in [0.29, 0.717) is 6.42 Å². The second kappa shape index (κ2) is 19.1. The van der Waals surface area contributed by atoms with E-state index in [1.807, 2.05) is 0 Å². The van der Waals surface area contributed by atoms with Gasteiger partial charge in [0.1, 0.15) is 0 Å². The Morgan fingerprint density at radius 1 is 0.657 bits per heavy atom. The lowest BCUT2D eigenvalue weighted by Crippen LogP contribution is -2.33. The van der Waals surface area contributed by atoms with Crippen LogP contribution in [-0.2, 0) is 17.9 Å². The second-order valence-electron chi connectivity index (χ2n) is 9.72. The molecule has 0 aliphatic carbocycles. The number of carbonyl (C=O) groups excluding carboxylic acids is 1. The molecule has 1 N–H and O–H groups in total. The number of hydrogen-bond acceptors (Lipinski definition) is 3. The molecule has 0 aliphatic heterocycles. The van der Waals surface area contributed by atoms with Crippen molar-refractivity contribution in [3.63, 3.8) is 0 Å². The summed E-state index contributed by atoms with van der Waals surface area (Å²) in [5.74, 6) is 0.286. The summed E-state index contributed by atoms with van der Waals surface area (Å²) in [5.41, 5.74) is 2.65. The fourth-order valence-electron chi connectivity index (χ4n) is 4.53. The van der Waals surface area contributed by atoms with Crippen LogP contribution in [0.2, 0.25) is 0 Å². The van der Waals surface area contributed by atoms with Gasteiger partial charge in [0, 0.05) is 39.2 Å². The average Bonchev–Trinajstić information content (AvgIpc) is 2.88. The average molecular weight is 481 g/mol. The van der Waals surface area contributed by atoms with Gasteiger partial charge in [0.15, 0.2) is 0 Å². The molecule has 0 aromatic heterocycles. The van der Waals surface area contributed by atoms with Crippen LogP contribution in [0.3, 0.4) is 0 Å². The van der Waals surface area contributed by atoms with E-state index < -0.39 is 0 Å². The van der Waals surface area contributed by atoms with Gasteiger partial charge < -0.3 is 10.0 Å². The molecule has 0 saturated heterocycles. The molecule has 4 heteroatoms. The van der Waals surface area contributed by atoms with E-state index in [1.165, 1.54) is 43.2 Å². The van der Waals surface area contributed by atoms with E-state index >= 15 is 0 Å². The van der Waals surface area contributed by atoms with Crippen LogP contribution in [0.5, 0.6) is 0 Å². The minimum atomic E-state index is 0.206. The molecule has 0 fully saturated rings. The number of carbonyl (C=O) groups is 1. The van der Waals surface area contributed by atoms with Gasteiger partial charge in [-0.05, 0) is 49.8 Å². The molecule has 2 aromatic rings. The number of rotatable bonds is 20. The number of aliphatic hydroxyl groups excluding tert-OH is 1. The highest BCUT2D eigenvalue weighted by atomic mass is 16.3. The van der Waals surface area contributed by atoms with Gasteiger partial charge in [-0.1, -0.05) is 99.7 Å². The third kappa shape index (κ3) is 13.5. The van der Waals surface area contributed by atoms with Gasteiger partial charge in [0.2, 0.25) is 5.91 Å². The van der Waals surface area contributed by atoms with Crippen molar-refractivity contribution >= 4 is 5.91 Å². The SMILES string of the molecule is CCCCCCCCN(CCCCO)C(=O)CCCCN(Cc1ccccc1)Cc1ccccc1. The Morgan fingerprint density at radius 3 is 1.74 bits per heavy atom. The first-order valence-corrected chi connectivity index (χ1v) is 13.9. The first kappa shape index (κ1) is 29.1. The molecule has 0 saturated carbocycles. The third-order valence-electron chi connectivity index (χ3n) is 6.58. The molecule has 4 nitrogen and oxygen atoms in total. The number of hydrogen-bond donors (Lipinski definition) is 1. The molecule has 0 aliphatic rings. The Morgan fingerprint density at radius 2 is 1.17 bits per heavy atom. The van der Waals surface area contributed by atoms with Crippen molar-refractivity contribution in [3.8, 4) is 0 Å². The van der Waals surface area contributed by atoms with Crippen molar-refractivity contribution in [2.75, 3.05) is 26.2 Å². The van der Waals surface area contributed by atoms with Crippen LogP contribution < -0.4 is 0 Å². The molecule has 0 radical (unpaired) electrons. The van der Waals surface area contributed by atoms with E-state index in [2.05, 4.69) is 77.4 Å². The molecule has 1 amide bonds. The molecular weight excluding hydrogens is 432 g/mol. The smallest absolute Gasteiger partial charge is 0.222 e. The van der Waals surface area contributed by atoms with Gasteiger partial charge >= 0.3 is 0 Å². The first-order valence-electron chi connectivity index (χ1n) is 13.9. The lowest BCUT2D eigenvalue weighted by Gasteiger charge is -2.24. The minimum Gasteiger partial charge on any atom is -0.396 e. The van der Waals surface area contributed by atoms with E-state index in [-0.39, 0.29) is 12.5 Å². The van der Waals surface area contributed by atoms with Gasteiger partial charge in [0.05, 0.1) is 0 Å². The zero-order valence-corrected chi connectivity index (χ0v) is 22.0. The molecule has 0 atom stereocenters. The molecule has 2 aromatic carbocycles. The highest BCUT2D eigenvalue weighted by Gasteiger charge is 2.13. The summed E-state index contributed by atoms with van der Waals surface area (Å²) in [4.78, 5) is 17.5. The van der Waals surface area contributed by atoms with Gasteiger partial charge in [0.25, 0.3) is 0 Å². The normalized spacial score (nSPS) is 11.2. The maximum absolute atomic E-state index is 13.0. The van der Waals surface area contributed by atoms with Crippen LogP contribution in [0.15, 0.2) is 60.7 Å². The minimum absolute atomic E-state index is 0.206. The Hall–Kier alpha value is -2.17. The molecule has 194 valence electrons. The fraction of sp³-hybridized carbons (Fsp3) is 0.581. The highest BCUT2D eigenvalue weighted by molar-refractivity contribution is 5.76. The summed E-state index contributed by atoms with van der Waals surface area (Å²) >= 11 is 0. The summed E-state index contributed by atoms with van der Waals surface area (Å²) in [5, 5.41) is 9.14. The number of nitrogens with zero attached hydrogens (tertiary/aromatic N) is 2. The lowest BCUT2D eigenvalue weighted by molar-refractivity contribution is -0.131. The van der Waals surface area contributed by atoms with Crippen molar-refractivity contribution in [2.24, 2.45) is 0 Å². The van der Waals surface area contributed by atoms with Gasteiger partial charge in [-0.3, -0.25) is 9.69 Å². The predicted octanol–water partition coefficient (Wildman–Crippen LogP) is 6.82. The van der Waals surface area contributed by atoms with Crippen molar-refractivity contribution in [1.82, 2.24) is 9.80 Å².